The Labute approximate surface area is 119 Å². The van der Waals surface area contributed by atoms with Crippen LogP contribution in [0.1, 0.15) is 6.92 Å². The molecule has 0 fully saturated rings. The number of hydrogen-bond acceptors (Lipinski definition) is 3. The number of benzene rings is 1. The summed E-state index contributed by atoms with van der Waals surface area (Å²) in [5, 5.41) is 0. The lowest BCUT2D eigenvalue weighted by atomic mass is 10.2. The lowest BCUT2D eigenvalue weighted by Crippen LogP contribution is -2.14. The maximum Gasteiger partial charge on any atom is 0.326 e. The molecule has 0 saturated carbocycles. The Bertz CT molecular complexity index is 993. The molecule has 0 aliphatic carbocycles. The standard InChI is InChI=1S/C15H13N5O/c1-2-20-13-8-11-10(7-12(13)19-15(20)21)17-14(18-11)9-3-5-16-6-4-9/h3-8H,2H2,1H3,(H,17,18)(H,19,21). The number of H-pyrrole nitrogens is 2. The number of aromatic amines is 2. The second-order valence-electron chi connectivity index (χ2n) is 4.88. The average molecular weight is 279 g/mol. The van der Waals surface area contributed by atoms with Gasteiger partial charge in [0.25, 0.3) is 0 Å². The van der Waals surface area contributed by atoms with E-state index in [1.807, 2.05) is 31.2 Å². The van der Waals surface area contributed by atoms with Crippen LogP contribution in [0.25, 0.3) is 33.5 Å². The van der Waals surface area contributed by atoms with E-state index in [2.05, 4.69) is 19.9 Å². The van der Waals surface area contributed by atoms with Crippen molar-refractivity contribution in [3.8, 4) is 11.4 Å². The number of pyridine rings is 1. The predicted molar refractivity (Wildman–Crippen MR) is 81.1 cm³/mol. The van der Waals surface area contributed by atoms with Gasteiger partial charge in [0.05, 0.1) is 22.1 Å². The summed E-state index contributed by atoms with van der Waals surface area (Å²) in [6, 6.07) is 7.68. The van der Waals surface area contributed by atoms with E-state index >= 15 is 0 Å². The molecule has 6 nitrogen and oxygen atoms in total. The molecular formula is C15H13N5O. The molecule has 3 heterocycles. The summed E-state index contributed by atoms with van der Waals surface area (Å²) in [5.74, 6) is 0.797. The number of aromatic nitrogens is 5. The van der Waals surface area contributed by atoms with Crippen LogP contribution in [-0.4, -0.2) is 24.5 Å². The fourth-order valence-electron chi connectivity index (χ4n) is 2.62. The van der Waals surface area contributed by atoms with Crippen molar-refractivity contribution >= 4 is 22.1 Å². The van der Waals surface area contributed by atoms with Crippen LogP contribution >= 0.6 is 0 Å². The van der Waals surface area contributed by atoms with E-state index in [1.54, 1.807) is 17.0 Å². The summed E-state index contributed by atoms with van der Waals surface area (Å²) < 4.78 is 1.70. The molecule has 4 rings (SSSR count). The van der Waals surface area contributed by atoms with Crippen molar-refractivity contribution in [2.45, 2.75) is 13.5 Å². The fraction of sp³-hybridized carbons (Fsp3) is 0.133. The van der Waals surface area contributed by atoms with Crippen molar-refractivity contribution in [3.05, 3.63) is 47.1 Å². The van der Waals surface area contributed by atoms with Crippen molar-refractivity contribution in [1.29, 1.82) is 0 Å². The predicted octanol–water partition coefficient (Wildman–Crippen LogP) is 2.29. The molecule has 0 aliphatic rings. The van der Waals surface area contributed by atoms with E-state index in [9.17, 15) is 4.79 Å². The molecule has 0 atom stereocenters. The maximum atomic E-state index is 11.8. The van der Waals surface area contributed by atoms with Crippen LogP contribution < -0.4 is 5.69 Å². The van der Waals surface area contributed by atoms with Crippen molar-refractivity contribution in [3.63, 3.8) is 0 Å². The highest BCUT2D eigenvalue weighted by Gasteiger charge is 2.10. The van der Waals surface area contributed by atoms with Crippen molar-refractivity contribution in [2.75, 3.05) is 0 Å². The number of aryl methyl sites for hydroxylation is 1. The molecule has 0 unspecified atom stereocenters. The quantitative estimate of drug-likeness (QED) is 0.591. The zero-order valence-corrected chi connectivity index (χ0v) is 11.4. The summed E-state index contributed by atoms with van der Waals surface area (Å²) >= 11 is 0. The summed E-state index contributed by atoms with van der Waals surface area (Å²) in [7, 11) is 0. The Morgan fingerprint density at radius 2 is 1.95 bits per heavy atom. The number of imidazole rings is 2. The minimum absolute atomic E-state index is 0.0884. The van der Waals surface area contributed by atoms with Crippen LogP contribution in [0.2, 0.25) is 0 Å². The summed E-state index contributed by atoms with van der Waals surface area (Å²) in [4.78, 5) is 26.6. The third-order valence-corrected chi connectivity index (χ3v) is 3.65. The first-order chi connectivity index (χ1) is 10.3. The van der Waals surface area contributed by atoms with Crippen LogP contribution in [0.15, 0.2) is 41.5 Å². The van der Waals surface area contributed by atoms with Gasteiger partial charge in [-0.15, -0.1) is 0 Å². The zero-order chi connectivity index (χ0) is 14.4. The highest BCUT2D eigenvalue weighted by molar-refractivity contribution is 5.92. The van der Waals surface area contributed by atoms with Crippen LogP contribution in [-0.2, 0) is 6.54 Å². The van der Waals surface area contributed by atoms with Crippen molar-refractivity contribution in [2.24, 2.45) is 0 Å². The lowest BCUT2D eigenvalue weighted by Gasteiger charge is -1.96. The van der Waals surface area contributed by atoms with Gasteiger partial charge in [-0.25, -0.2) is 9.78 Å². The van der Waals surface area contributed by atoms with E-state index < -0.39 is 0 Å². The molecule has 4 aromatic rings. The molecule has 6 heteroatoms. The highest BCUT2D eigenvalue weighted by Crippen LogP contribution is 2.23. The molecule has 0 spiro atoms. The molecule has 2 N–H and O–H groups in total. The molecule has 1 aromatic carbocycles. The number of fused-ring (bicyclic) bond motifs is 2. The number of nitrogens with zero attached hydrogens (tertiary/aromatic N) is 3. The minimum atomic E-state index is -0.0884. The highest BCUT2D eigenvalue weighted by atomic mass is 16.1. The van der Waals surface area contributed by atoms with Crippen molar-refractivity contribution in [1.82, 2.24) is 24.5 Å². The summed E-state index contributed by atoms with van der Waals surface area (Å²) in [5.41, 5.74) is 4.34. The molecular weight excluding hydrogens is 266 g/mol. The van der Waals surface area contributed by atoms with Gasteiger partial charge in [-0.2, -0.15) is 0 Å². The Balaban J connectivity index is 1.98. The Kier molecular flexibility index (Phi) is 2.44. The molecule has 3 aromatic heterocycles. The van der Waals surface area contributed by atoms with Gasteiger partial charge in [0, 0.05) is 24.5 Å². The molecule has 21 heavy (non-hydrogen) atoms. The van der Waals surface area contributed by atoms with E-state index in [-0.39, 0.29) is 5.69 Å². The lowest BCUT2D eigenvalue weighted by molar-refractivity contribution is 0.753. The minimum Gasteiger partial charge on any atom is -0.338 e. The average Bonchev–Trinajstić information content (AvgIpc) is 3.04. The SMILES string of the molecule is CCn1c(=O)[nH]c2cc3[nH]c(-c4ccncc4)nc3cc21. The van der Waals surface area contributed by atoms with Crippen LogP contribution in [0.4, 0.5) is 0 Å². The maximum absolute atomic E-state index is 11.8. The van der Waals surface area contributed by atoms with E-state index in [0.29, 0.717) is 6.54 Å². The van der Waals surface area contributed by atoms with Crippen LogP contribution in [0.3, 0.4) is 0 Å². The topological polar surface area (TPSA) is 79.4 Å². The monoisotopic (exact) mass is 279 g/mol. The second-order valence-corrected chi connectivity index (χ2v) is 4.88. The van der Waals surface area contributed by atoms with Gasteiger partial charge in [0.15, 0.2) is 0 Å². The van der Waals surface area contributed by atoms with E-state index in [1.165, 1.54) is 0 Å². The molecule has 0 amide bonds. The van der Waals surface area contributed by atoms with Gasteiger partial charge in [-0.05, 0) is 31.2 Å². The Hall–Kier alpha value is -2.89. The molecule has 0 aliphatic heterocycles. The van der Waals surface area contributed by atoms with Gasteiger partial charge in [-0.1, -0.05) is 0 Å². The van der Waals surface area contributed by atoms with Gasteiger partial charge in [-0.3, -0.25) is 9.55 Å². The first kappa shape index (κ1) is 11.9. The number of rotatable bonds is 2. The molecule has 104 valence electrons. The van der Waals surface area contributed by atoms with Crippen LogP contribution in [0.5, 0.6) is 0 Å². The summed E-state index contributed by atoms with van der Waals surface area (Å²) in [6.07, 6.45) is 3.48. The number of hydrogen-bond donors (Lipinski definition) is 2. The van der Waals surface area contributed by atoms with Gasteiger partial charge >= 0.3 is 5.69 Å². The molecule has 0 saturated heterocycles. The third-order valence-electron chi connectivity index (χ3n) is 3.65. The first-order valence-corrected chi connectivity index (χ1v) is 6.79. The first-order valence-electron chi connectivity index (χ1n) is 6.79. The van der Waals surface area contributed by atoms with Gasteiger partial charge < -0.3 is 9.97 Å². The molecule has 0 bridgehead atoms. The Morgan fingerprint density at radius 3 is 2.71 bits per heavy atom. The van der Waals surface area contributed by atoms with Gasteiger partial charge in [0.1, 0.15) is 5.82 Å². The van der Waals surface area contributed by atoms with Crippen LogP contribution in [0, 0.1) is 0 Å². The van der Waals surface area contributed by atoms with Crippen molar-refractivity contribution < 1.29 is 0 Å². The normalized spacial score (nSPS) is 11.5. The summed E-state index contributed by atoms with van der Waals surface area (Å²) in [6.45, 7) is 2.58. The largest absolute Gasteiger partial charge is 0.338 e. The van der Waals surface area contributed by atoms with Gasteiger partial charge in [0.2, 0.25) is 0 Å². The Morgan fingerprint density at radius 1 is 1.14 bits per heavy atom. The van der Waals surface area contributed by atoms with E-state index in [0.717, 1.165) is 33.5 Å². The zero-order valence-electron chi connectivity index (χ0n) is 11.4. The third kappa shape index (κ3) is 1.76. The second kappa shape index (κ2) is 4.31. The smallest absolute Gasteiger partial charge is 0.326 e. The molecule has 0 radical (unpaired) electrons. The van der Waals surface area contributed by atoms with E-state index in [4.69, 9.17) is 0 Å². The number of nitrogens with one attached hydrogen (secondary N) is 2. The fourth-order valence-corrected chi connectivity index (χ4v) is 2.62.